The van der Waals surface area contributed by atoms with Crippen LogP contribution in [0.4, 0.5) is 13.9 Å². The lowest BCUT2D eigenvalue weighted by Gasteiger charge is -2.17. The third-order valence-electron chi connectivity index (χ3n) is 5.43. The lowest BCUT2D eigenvalue weighted by atomic mass is 10.1. The van der Waals surface area contributed by atoms with E-state index in [1.807, 2.05) is 39.0 Å². The minimum atomic E-state index is -0.785. The van der Waals surface area contributed by atoms with Crippen molar-refractivity contribution >= 4 is 28.3 Å². The molecule has 3 aromatic rings. The van der Waals surface area contributed by atoms with Crippen molar-refractivity contribution in [3.8, 4) is 0 Å². The van der Waals surface area contributed by atoms with Gasteiger partial charge in [0.1, 0.15) is 17.7 Å². The maximum atomic E-state index is 13.4. The topological polar surface area (TPSA) is 83.1 Å². The van der Waals surface area contributed by atoms with E-state index in [2.05, 4.69) is 33.1 Å². The van der Waals surface area contributed by atoms with Gasteiger partial charge in [0.25, 0.3) is 0 Å². The second kappa shape index (κ2) is 12.5. The van der Waals surface area contributed by atoms with Crippen LogP contribution in [0.3, 0.4) is 0 Å². The van der Waals surface area contributed by atoms with Crippen molar-refractivity contribution < 1.29 is 18.4 Å². The number of nitrogens with zero attached hydrogens (tertiary/aromatic N) is 1. The third kappa shape index (κ3) is 7.93. The fraction of sp³-hybridized carbons (Fsp3) is 0.346. The molecule has 0 saturated carbocycles. The average molecular weight is 501 g/mol. The highest BCUT2D eigenvalue weighted by Crippen LogP contribution is 2.28. The Morgan fingerprint density at radius 3 is 2.40 bits per heavy atom. The summed E-state index contributed by atoms with van der Waals surface area (Å²) in [6, 6.07) is 12.3. The van der Waals surface area contributed by atoms with Crippen LogP contribution in [-0.4, -0.2) is 22.8 Å². The minimum Gasteiger partial charge on any atom is -0.344 e. The average Bonchev–Trinajstić information content (AvgIpc) is 3.17. The van der Waals surface area contributed by atoms with Crippen molar-refractivity contribution in [1.29, 1.82) is 0 Å². The number of anilines is 1. The number of halogens is 2. The molecule has 0 spiro atoms. The summed E-state index contributed by atoms with van der Waals surface area (Å²) in [5.74, 6) is -2.37. The predicted octanol–water partition coefficient (Wildman–Crippen LogP) is 5.05. The number of thiazole rings is 1. The van der Waals surface area contributed by atoms with Crippen LogP contribution < -0.4 is 16.0 Å². The Morgan fingerprint density at radius 2 is 1.74 bits per heavy atom. The number of amides is 2. The maximum absolute atomic E-state index is 13.4. The van der Waals surface area contributed by atoms with Gasteiger partial charge in [-0.2, -0.15) is 0 Å². The highest BCUT2D eigenvalue weighted by molar-refractivity contribution is 7.16. The first-order valence-electron chi connectivity index (χ1n) is 11.5. The zero-order valence-corrected chi connectivity index (χ0v) is 20.8. The van der Waals surface area contributed by atoms with E-state index in [0.29, 0.717) is 24.5 Å². The summed E-state index contributed by atoms with van der Waals surface area (Å²) in [7, 11) is 0. The lowest BCUT2D eigenvalue weighted by molar-refractivity contribution is -0.126. The van der Waals surface area contributed by atoms with Gasteiger partial charge in [-0.15, -0.1) is 0 Å². The first kappa shape index (κ1) is 26.4. The van der Waals surface area contributed by atoms with Crippen LogP contribution in [0.15, 0.2) is 48.5 Å². The van der Waals surface area contributed by atoms with Gasteiger partial charge in [-0.3, -0.25) is 9.59 Å². The molecule has 3 rings (SSSR count). The van der Waals surface area contributed by atoms with Crippen LogP contribution in [0, 0.1) is 18.6 Å². The van der Waals surface area contributed by atoms with Crippen molar-refractivity contribution in [3.05, 3.63) is 81.9 Å². The van der Waals surface area contributed by atoms with E-state index in [-0.39, 0.29) is 23.9 Å². The summed E-state index contributed by atoms with van der Waals surface area (Å²) in [4.78, 5) is 30.9. The summed E-state index contributed by atoms with van der Waals surface area (Å²) in [6.45, 7) is 6.55. The van der Waals surface area contributed by atoms with Crippen LogP contribution in [0.5, 0.6) is 0 Å². The third-order valence-corrected chi connectivity index (χ3v) is 6.68. The Kier molecular flexibility index (Phi) is 9.45. The molecule has 0 aliphatic rings. The van der Waals surface area contributed by atoms with Gasteiger partial charge >= 0.3 is 0 Å². The molecule has 2 atom stereocenters. The van der Waals surface area contributed by atoms with E-state index in [0.717, 1.165) is 28.8 Å². The molecule has 2 aromatic carbocycles. The molecular weight excluding hydrogens is 470 g/mol. The fourth-order valence-electron chi connectivity index (χ4n) is 3.72. The Morgan fingerprint density at radius 1 is 1.06 bits per heavy atom. The molecule has 3 N–H and O–H groups in total. The van der Waals surface area contributed by atoms with Gasteiger partial charge < -0.3 is 16.0 Å². The van der Waals surface area contributed by atoms with Crippen molar-refractivity contribution in [2.24, 2.45) is 0 Å². The smallest absolute Gasteiger partial charge is 0.248 e. The van der Waals surface area contributed by atoms with Gasteiger partial charge in [-0.25, -0.2) is 13.8 Å². The van der Waals surface area contributed by atoms with E-state index in [9.17, 15) is 18.4 Å². The van der Waals surface area contributed by atoms with Gasteiger partial charge in [-0.05, 0) is 43.5 Å². The number of carbonyl (C=O) groups excluding carboxylic acids is 2. The zero-order chi connectivity index (χ0) is 25.4. The van der Waals surface area contributed by atoms with E-state index in [1.54, 1.807) is 0 Å². The summed E-state index contributed by atoms with van der Waals surface area (Å²) in [5.41, 5.74) is 2.20. The number of benzene rings is 2. The second-order valence-electron chi connectivity index (χ2n) is 8.41. The maximum Gasteiger partial charge on any atom is 0.248 e. The molecule has 0 aliphatic heterocycles. The van der Waals surface area contributed by atoms with Crippen LogP contribution in [0.1, 0.15) is 54.4 Å². The number of rotatable bonds is 11. The molecule has 9 heteroatoms. The Balaban J connectivity index is 1.60. The first-order valence-corrected chi connectivity index (χ1v) is 12.4. The molecular formula is C26H30F2N4O2S. The molecule has 1 aromatic heterocycles. The number of carbonyl (C=O) groups is 2. The van der Waals surface area contributed by atoms with Crippen molar-refractivity contribution in [2.45, 2.75) is 58.7 Å². The molecule has 0 bridgehead atoms. The van der Waals surface area contributed by atoms with Gasteiger partial charge in [-0.1, -0.05) is 55.0 Å². The van der Waals surface area contributed by atoms with Gasteiger partial charge in [0, 0.05) is 23.5 Å². The highest BCUT2D eigenvalue weighted by atomic mass is 32.1. The Bertz CT molecular complexity index is 1130. The molecule has 0 saturated heterocycles. The standard InChI is InChI=1S/C26H30F2N4O2S/c1-4-8-22(31-23(33)13-19-11-20(27)14-21(28)12-19)25(34)32-26-30-17(3)24(35-26)16(2)29-15-18-9-6-5-7-10-18/h5-7,9-12,14,16,22,29H,4,8,13,15H2,1-3H3,(H,31,33)(H,30,32,34). The first-order chi connectivity index (χ1) is 16.7. The molecule has 2 amide bonds. The number of nitrogens with one attached hydrogen (secondary N) is 3. The second-order valence-corrected chi connectivity index (χ2v) is 9.44. The summed E-state index contributed by atoms with van der Waals surface area (Å²) in [5, 5.41) is 9.41. The quantitative estimate of drug-likeness (QED) is 0.344. The molecule has 0 radical (unpaired) electrons. The Labute approximate surface area is 208 Å². The van der Waals surface area contributed by atoms with E-state index >= 15 is 0 Å². The number of hydrogen-bond donors (Lipinski definition) is 3. The van der Waals surface area contributed by atoms with Gasteiger partial charge in [0.15, 0.2) is 5.13 Å². The van der Waals surface area contributed by atoms with Crippen molar-refractivity contribution in [2.75, 3.05) is 5.32 Å². The number of aromatic nitrogens is 1. The van der Waals surface area contributed by atoms with E-state index < -0.39 is 23.6 Å². The fourth-order valence-corrected chi connectivity index (χ4v) is 4.71. The molecule has 35 heavy (non-hydrogen) atoms. The minimum absolute atomic E-state index is 0.0381. The molecule has 6 nitrogen and oxygen atoms in total. The summed E-state index contributed by atoms with van der Waals surface area (Å²) < 4.78 is 26.8. The van der Waals surface area contributed by atoms with E-state index in [4.69, 9.17) is 0 Å². The van der Waals surface area contributed by atoms with Gasteiger partial charge in [0.2, 0.25) is 11.8 Å². The van der Waals surface area contributed by atoms with Crippen LogP contribution in [0.25, 0.3) is 0 Å². The van der Waals surface area contributed by atoms with Crippen LogP contribution in [-0.2, 0) is 22.6 Å². The highest BCUT2D eigenvalue weighted by Gasteiger charge is 2.23. The van der Waals surface area contributed by atoms with Crippen LogP contribution >= 0.6 is 11.3 Å². The van der Waals surface area contributed by atoms with Gasteiger partial charge in [0.05, 0.1) is 12.1 Å². The molecule has 0 fully saturated rings. The molecule has 2 unspecified atom stereocenters. The number of hydrogen-bond acceptors (Lipinski definition) is 5. The largest absolute Gasteiger partial charge is 0.344 e. The SMILES string of the molecule is CCCC(NC(=O)Cc1cc(F)cc(F)c1)C(=O)Nc1nc(C)c(C(C)NCc2ccccc2)s1. The summed E-state index contributed by atoms with van der Waals surface area (Å²) in [6.07, 6.45) is 0.851. The van der Waals surface area contributed by atoms with E-state index in [1.165, 1.54) is 16.9 Å². The van der Waals surface area contributed by atoms with Crippen LogP contribution in [0.2, 0.25) is 0 Å². The molecule has 0 aliphatic carbocycles. The normalized spacial score (nSPS) is 12.7. The number of aryl methyl sites for hydroxylation is 1. The molecule has 186 valence electrons. The predicted molar refractivity (Wildman–Crippen MR) is 134 cm³/mol. The lowest BCUT2D eigenvalue weighted by Crippen LogP contribution is -2.44. The molecule has 1 heterocycles. The monoisotopic (exact) mass is 500 g/mol. The summed E-state index contributed by atoms with van der Waals surface area (Å²) >= 11 is 1.39. The Hall–Kier alpha value is -3.17. The van der Waals surface area contributed by atoms with Crippen molar-refractivity contribution in [3.63, 3.8) is 0 Å². The zero-order valence-electron chi connectivity index (χ0n) is 20.0. The van der Waals surface area contributed by atoms with Crippen molar-refractivity contribution in [1.82, 2.24) is 15.6 Å².